The summed E-state index contributed by atoms with van der Waals surface area (Å²) in [5, 5.41) is 0. The standard InChI is InChI=1S/C13H17BrN2O2/c1-2-10-8-18-6-5-16(10)13(17)11-7-9(14)3-4-12(11)15/h3-4,7,10H,2,5-6,8,15H2,1H3. The van der Waals surface area contributed by atoms with E-state index in [4.69, 9.17) is 10.5 Å². The van der Waals surface area contributed by atoms with E-state index in [-0.39, 0.29) is 11.9 Å². The van der Waals surface area contributed by atoms with Crippen LogP contribution in [0.5, 0.6) is 0 Å². The number of hydrogen-bond acceptors (Lipinski definition) is 3. The molecule has 1 heterocycles. The van der Waals surface area contributed by atoms with E-state index in [2.05, 4.69) is 22.9 Å². The minimum Gasteiger partial charge on any atom is -0.398 e. The molecule has 0 radical (unpaired) electrons. The zero-order valence-corrected chi connectivity index (χ0v) is 11.9. The fourth-order valence-electron chi connectivity index (χ4n) is 2.13. The lowest BCUT2D eigenvalue weighted by molar-refractivity contribution is -0.00274. The van der Waals surface area contributed by atoms with Gasteiger partial charge in [0.2, 0.25) is 0 Å². The van der Waals surface area contributed by atoms with Crippen LogP contribution in [0.2, 0.25) is 0 Å². The van der Waals surface area contributed by atoms with E-state index in [0.717, 1.165) is 10.9 Å². The molecule has 0 spiro atoms. The van der Waals surface area contributed by atoms with Gasteiger partial charge in [-0.2, -0.15) is 0 Å². The van der Waals surface area contributed by atoms with Crippen LogP contribution in [0.3, 0.4) is 0 Å². The first-order chi connectivity index (χ1) is 8.63. The van der Waals surface area contributed by atoms with Crippen LogP contribution in [-0.4, -0.2) is 36.6 Å². The van der Waals surface area contributed by atoms with Crippen molar-refractivity contribution in [2.75, 3.05) is 25.5 Å². The molecule has 1 amide bonds. The Bertz CT molecular complexity index is 451. The number of ether oxygens (including phenoxy) is 1. The second kappa shape index (κ2) is 5.71. The molecule has 0 saturated carbocycles. The van der Waals surface area contributed by atoms with Crippen molar-refractivity contribution in [2.24, 2.45) is 0 Å². The molecule has 0 bridgehead atoms. The van der Waals surface area contributed by atoms with Crippen LogP contribution >= 0.6 is 15.9 Å². The molecule has 2 N–H and O–H groups in total. The monoisotopic (exact) mass is 312 g/mol. The van der Waals surface area contributed by atoms with Gasteiger partial charge >= 0.3 is 0 Å². The largest absolute Gasteiger partial charge is 0.398 e. The summed E-state index contributed by atoms with van der Waals surface area (Å²) in [7, 11) is 0. The van der Waals surface area contributed by atoms with Crippen molar-refractivity contribution in [1.29, 1.82) is 0 Å². The average molecular weight is 313 g/mol. The molecule has 4 nitrogen and oxygen atoms in total. The molecule has 1 fully saturated rings. The molecule has 1 unspecified atom stereocenters. The summed E-state index contributed by atoms with van der Waals surface area (Å²) in [6.07, 6.45) is 0.889. The number of morpholine rings is 1. The third-order valence-corrected chi connectivity index (χ3v) is 3.70. The predicted octanol–water partition coefficient (Wildman–Crippen LogP) is 2.28. The topological polar surface area (TPSA) is 55.6 Å². The van der Waals surface area contributed by atoms with Crippen LogP contribution in [0, 0.1) is 0 Å². The maximum absolute atomic E-state index is 12.5. The van der Waals surface area contributed by atoms with Gasteiger partial charge in [-0.3, -0.25) is 4.79 Å². The highest BCUT2D eigenvalue weighted by Crippen LogP contribution is 2.22. The number of hydrogen-bond donors (Lipinski definition) is 1. The molecule has 1 aromatic rings. The van der Waals surface area contributed by atoms with Gasteiger partial charge in [-0.15, -0.1) is 0 Å². The zero-order valence-electron chi connectivity index (χ0n) is 10.4. The summed E-state index contributed by atoms with van der Waals surface area (Å²) in [5.74, 6) is -0.0102. The van der Waals surface area contributed by atoms with E-state index in [9.17, 15) is 4.79 Å². The van der Waals surface area contributed by atoms with Crippen LogP contribution in [0.15, 0.2) is 22.7 Å². The quantitative estimate of drug-likeness (QED) is 0.852. The van der Waals surface area contributed by atoms with E-state index in [1.165, 1.54) is 0 Å². The molecule has 1 aliphatic rings. The summed E-state index contributed by atoms with van der Waals surface area (Å²) < 4.78 is 6.27. The van der Waals surface area contributed by atoms with Gasteiger partial charge < -0.3 is 15.4 Å². The van der Waals surface area contributed by atoms with E-state index in [0.29, 0.717) is 31.0 Å². The molecule has 2 rings (SSSR count). The Morgan fingerprint density at radius 1 is 1.61 bits per heavy atom. The van der Waals surface area contributed by atoms with Crippen molar-refractivity contribution in [2.45, 2.75) is 19.4 Å². The predicted molar refractivity (Wildman–Crippen MR) is 74.5 cm³/mol. The molecule has 5 heteroatoms. The van der Waals surface area contributed by atoms with Crippen LogP contribution in [0.25, 0.3) is 0 Å². The van der Waals surface area contributed by atoms with E-state index in [1.54, 1.807) is 12.1 Å². The van der Waals surface area contributed by atoms with Crippen molar-refractivity contribution in [3.05, 3.63) is 28.2 Å². The van der Waals surface area contributed by atoms with Gasteiger partial charge in [0.15, 0.2) is 0 Å². The van der Waals surface area contributed by atoms with Crippen molar-refractivity contribution in [1.82, 2.24) is 4.90 Å². The third-order valence-electron chi connectivity index (χ3n) is 3.21. The Balaban J connectivity index is 2.26. The van der Waals surface area contributed by atoms with Crippen LogP contribution in [0.4, 0.5) is 5.69 Å². The Morgan fingerprint density at radius 2 is 2.39 bits per heavy atom. The Hall–Kier alpha value is -1.07. The lowest BCUT2D eigenvalue weighted by Crippen LogP contribution is -2.48. The first-order valence-electron chi connectivity index (χ1n) is 6.07. The fourth-order valence-corrected chi connectivity index (χ4v) is 2.49. The van der Waals surface area contributed by atoms with E-state index < -0.39 is 0 Å². The number of carbonyl (C=O) groups excluding carboxylic acids is 1. The molecule has 1 saturated heterocycles. The number of nitrogens with zero attached hydrogens (tertiary/aromatic N) is 1. The van der Waals surface area contributed by atoms with Crippen molar-refractivity contribution in [3.8, 4) is 0 Å². The SMILES string of the molecule is CCC1COCCN1C(=O)c1cc(Br)ccc1N. The highest BCUT2D eigenvalue weighted by molar-refractivity contribution is 9.10. The third kappa shape index (κ3) is 2.67. The highest BCUT2D eigenvalue weighted by Gasteiger charge is 2.27. The maximum Gasteiger partial charge on any atom is 0.256 e. The van der Waals surface area contributed by atoms with E-state index >= 15 is 0 Å². The zero-order chi connectivity index (χ0) is 13.1. The van der Waals surface area contributed by atoms with Gasteiger partial charge in [0.1, 0.15) is 0 Å². The highest BCUT2D eigenvalue weighted by atomic mass is 79.9. The minimum atomic E-state index is -0.0102. The molecular weight excluding hydrogens is 296 g/mol. The molecule has 18 heavy (non-hydrogen) atoms. The number of carbonyl (C=O) groups is 1. The van der Waals surface area contributed by atoms with Gasteiger partial charge in [-0.25, -0.2) is 0 Å². The summed E-state index contributed by atoms with van der Waals surface area (Å²) in [6.45, 7) is 3.89. The van der Waals surface area contributed by atoms with Crippen LogP contribution < -0.4 is 5.73 Å². The smallest absolute Gasteiger partial charge is 0.256 e. The first-order valence-corrected chi connectivity index (χ1v) is 6.86. The van der Waals surface area contributed by atoms with Gasteiger partial charge in [0, 0.05) is 16.7 Å². The van der Waals surface area contributed by atoms with Crippen LogP contribution in [0.1, 0.15) is 23.7 Å². The summed E-state index contributed by atoms with van der Waals surface area (Å²) >= 11 is 3.37. The Labute approximate surface area is 115 Å². The summed E-state index contributed by atoms with van der Waals surface area (Å²) in [5.41, 5.74) is 6.96. The normalized spacial score (nSPS) is 19.9. The number of anilines is 1. The molecule has 1 atom stereocenters. The van der Waals surface area contributed by atoms with Crippen molar-refractivity contribution >= 4 is 27.5 Å². The summed E-state index contributed by atoms with van der Waals surface area (Å²) in [4.78, 5) is 14.4. The minimum absolute atomic E-state index is 0.0102. The summed E-state index contributed by atoms with van der Waals surface area (Å²) in [6, 6.07) is 5.51. The second-order valence-corrected chi connectivity index (χ2v) is 5.28. The number of nitrogen functional groups attached to an aromatic ring is 1. The number of benzene rings is 1. The molecule has 0 aliphatic carbocycles. The number of nitrogens with two attached hydrogens (primary N) is 1. The second-order valence-electron chi connectivity index (χ2n) is 4.37. The fraction of sp³-hybridized carbons (Fsp3) is 0.462. The molecule has 0 aromatic heterocycles. The maximum atomic E-state index is 12.5. The van der Waals surface area contributed by atoms with Gasteiger partial charge in [0.05, 0.1) is 24.8 Å². The Morgan fingerprint density at radius 3 is 3.11 bits per heavy atom. The molecular formula is C13H17BrN2O2. The Kier molecular flexibility index (Phi) is 4.24. The molecule has 1 aliphatic heterocycles. The number of rotatable bonds is 2. The molecule has 1 aromatic carbocycles. The van der Waals surface area contributed by atoms with E-state index in [1.807, 2.05) is 11.0 Å². The van der Waals surface area contributed by atoms with Crippen molar-refractivity contribution in [3.63, 3.8) is 0 Å². The van der Waals surface area contributed by atoms with Gasteiger partial charge in [0.25, 0.3) is 5.91 Å². The van der Waals surface area contributed by atoms with Crippen LogP contribution in [-0.2, 0) is 4.74 Å². The molecule has 98 valence electrons. The van der Waals surface area contributed by atoms with Gasteiger partial charge in [-0.1, -0.05) is 22.9 Å². The van der Waals surface area contributed by atoms with Crippen molar-refractivity contribution < 1.29 is 9.53 Å². The average Bonchev–Trinajstić information content (AvgIpc) is 2.40. The van der Waals surface area contributed by atoms with Gasteiger partial charge in [-0.05, 0) is 24.6 Å². The lowest BCUT2D eigenvalue weighted by atomic mass is 10.1. The lowest BCUT2D eigenvalue weighted by Gasteiger charge is -2.35. The number of amides is 1. The number of halogens is 1. The first kappa shape index (κ1) is 13.4.